The fourth-order valence-electron chi connectivity index (χ4n) is 7.91. The van der Waals surface area contributed by atoms with Gasteiger partial charge in [-0.1, -0.05) is 133 Å². The summed E-state index contributed by atoms with van der Waals surface area (Å²) < 4.78 is 71.4. The summed E-state index contributed by atoms with van der Waals surface area (Å²) in [5, 5.41) is 7.48. The minimum atomic E-state index is -0.499. The number of rotatable bonds is 3. The van der Waals surface area contributed by atoms with Crippen LogP contribution in [-0.4, -0.2) is 14.5 Å². The Morgan fingerprint density at radius 3 is 2.13 bits per heavy atom. The van der Waals surface area contributed by atoms with Gasteiger partial charge in [-0.3, -0.25) is 4.57 Å². The molecule has 0 amide bonds. The van der Waals surface area contributed by atoms with Crippen molar-refractivity contribution in [3.63, 3.8) is 0 Å². The normalized spacial score (nSPS) is 14.0. The number of thiophene rings is 1. The van der Waals surface area contributed by atoms with Gasteiger partial charge >= 0.3 is 0 Å². The maximum Gasteiger partial charge on any atom is 0.197 e. The number of nitrogens with zero attached hydrogens (tertiary/aromatic N) is 3. The molecule has 0 fully saturated rings. The van der Waals surface area contributed by atoms with E-state index in [4.69, 9.17) is 24.0 Å². The second-order valence-corrected chi connectivity index (χ2v) is 14.2. The van der Waals surface area contributed by atoms with Crippen molar-refractivity contribution in [3.05, 3.63) is 164 Å². The molecule has 0 saturated carbocycles. The molecule has 0 radical (unpaired) electrons. The van der Waals surface area contributed by atoms with Crippen LogP contribution in [0, 0.1) is 0 Å². The summed E-state index contributed by atoms with van der Waals surface area (Å²) in [4.78, 5) is 10.5. The summed E-state index contributed by atoms with van der Waals surface area (Å²) in [5.41, 5.74) is 5.06. The topological polar surface area (TPSA) is 43.9 Å². The Kier molecular flexibility index (Phi) is 4.68. The zero-order chi connectivity index (χ0) is 40.7. The molecule has 53 heavy (non-hydrogen) atoms. The first-order valence-corrected chi connectivity index (χ1v) is 18.1. The van der Waals surface area contributed by atoms with Crippen LogP contribution in [0.4, 0.5) is 0 Å². The summed E-state index contributed by atoms with van der Waals surface area (Å²) in [6.45, 7) is 0. The highest BCUT2D eigenvalue weighted by atomic mass is 32.1. The van der Waals surface area contributed by atoms with E-state index in [0.717, 1.165) is 38.0 Å². The number of fused-ring (bicyclic) bond motifs is 14. The molecule has 4 heterocycles. The Labute approximate surface area is 316 Å². The van der Waals surface area contributed by atoms with Crippen molar-refractivity contribution in [1.82, 2.24) is 14.5 Å². The summed E-state index contributed by atoms with van der Waals surface area (Å²) in [7, 11) is 0. The van der Waals surface area contributed by atoms with Crippen LogP contribution in [-0.2, 0) is 0 Å². The van der Waals surface area contributed by atoms with E-state index in [9.17, 15) is 0 Å². The van der Waals surface area contributed by atoms with Gasteiger partial charge in [0.05, 0.1) is 20.6 Å². The third kappa shape index (κ3) is 4.11. The molecule has 0 N–H and O–H groups in total. The van der Waals surface area contributed by atoms with Gasteiger partial charge in [-0.25, -0.2) is 9.97 Å². The zero-order valence-electron chi connectivity index (χ0n) is 34.7. The van der Waals surface area contributed by atoms with Crippen LogP contribution in [0.3, 0.4) is 0 Å². The molecule has 4 aromatic heterocycles. The molecular weight excluding hydrogens is 667 g/mol. The van der Waals surface area contributed by atoms with Gasteiger partial charge in [0, 0.05) is 52.7 Å². The second kappa shape index (κ2) is 10.8. The van der Waals surface area contributed by atoms with Crippen LogP contribution in [0.1, 0.15) is 9.60 Å². The van der Waals surface area contributed by atoms with Crippen molar-refractivity contribution in [1.29, 1.82) is 0 Å². The highest BCUT2D eigenvalue weighted by Gasteiger charge is 2.25. The maximum absolute atomic E-state index is 9.08. The smallest absolute Gasteiger partial charge is 0.197 e. The molecule has 0 aliphatic heterocycles. The van der Waals surface area contributed by atoms with E-state index in [1.165, 1.54) is 20.2 Å². The Morgan fingerprint density at radius 1 is 0.566 bits per heavy atom. The van der Waals surface area contributed by atoms with Gasteiger partial charge in [-0.15, -0.1) is 11.3 Å². The standard InChI is InChI=1S/C48H27N3OS/c1-2-12-31-27-32(26-23-28(31)11-1)29-21-24-30(25-22-29)47-49-43-36-16-6-9-19-39(36)52-45(43)48(50-47)51-38-18-8-5-15-35(38)41-42-37-17-7-10-20-40(37)53-46(42)34-14-4-3-13-33(34)44(41)51/h1-27H/i1D,2D,11D,12D,23D,26D,27D. The fourth-order valence-corrected chi connectivity index (χ4v) is 9.16. The largest absolute Gasteiger partial charge is 0.450 e. The average Bonchev–Trinajstić information content (AvgIpc) is 3.96. The number of aromatic nitrogens is 3. The molecule has 0 aliphatic rings. The number of hydrogen-bond donors (Lipinski definition) is 0. The first-order chi connectivity index (χ1) is 29.2. The van der Waals surface area contributed by atoms with Crippen LogP contribution < -0.4 is 0 Å². The molecule has 0 saturated heterocycles. The van der Waals surface area contributed by atoms with Crippen LogP contribution >= 0.6 is 11.3 Å². The van der Waals surface area contributed by atoms with Crippen molar-refractivity contribution < 1.29 is 14.0 Å². The molecular formula is C48H27N3OS. The Hall–Kier alpha value is -6.82. The minimum Gasteiger partial charge on any atom is -0.450 e. The SMILES string of the molecule is [2H]c1c([2H])c([2H])c2c([2H])c(-c3ccc(-c4nc(-n5c6ccccc6c6c7c8ccccc8sc7c7ccccc7c65)c5oc6ccccc6c5n4)cc3)c([2H])c([2H])c2c1[2H]. The molecule has 0 aliphatic carbocycles. The van der Waals surface area contributed by atoms with Crippen molar-refractivity contribution in [2.75, 3.05) is 0 Å². The lowest BCUT2D eigenvalue weighted by Crippen LogP contribution is -2.02. The Balaban J connectivity index is 1.15. The quantitative estimate of drug-likeness (QED) is 0.184. The number of para-hydroxylation sites is 2. The average molecular weight is 701 g/mol. The monoisotopic (exact) mass is 700 g/mol. The third-order valence-electron chi connectivity index (χ3n) is 10.2. The van der Waals surface area contributed by atoms with Crippen LogP contribution in [0.15, 0.2) is 168 Å². The van der Waals surface area contributed by atoms with E-state index in [1.807, 2.05) is 53.8 Å². The van der Waals surface area contributed by atoms with Crippen LogP contribution in [0.25, 0.3) is 114 Å². The fraction of sp³-hybridized carbons (Fsp3) is 0. The lowest BCUT2D eigenvalue weighted by molar-refractivity contribution is 0.662. The maximum atomic E-state index is 9.08. The molecule has 12 aromatic rings. The van der Waals surface area contributed by atoms with Gasteiger partial charge in [-0.2, -0.15) is 0 Å². The Bertz CT molecular complexity index is 3870. The van der Waals surface area contributed by atoms with E-state index in [1.54, 1.807) is 12.1 Å². The molecule has 8 aromatic carbocycles. The highest BCUT2D eigenvalue weighted by molar-refractivity contribution is 7.27. The van der Waals surface area contributed by atoms with E-state index in [0.29, 0.717) is 39.5 Å². The number of furan rings is 1. The summed E-state index contributed by atoms with van der Waals surface area (Å²) in [6.07, 6.45) is 0. The first kappa shape index (κ1) is 22.9. The summed E-state index contributed by atoms with van der Waals surface area (Å²) in [6, 6.07) is 37.7. The first-order valence-electron chi connectivity index (χ1n) is 20.8. The van der Waals surface area contributed by atoms with Gasteiger partial charge in [0.25, 0.3) is 0 Å². The van der Waals surface area contributed by atoms with E-state index < -0.39 is 24.2 Å². The molecule has 12 rings (SSSR count). The predicted octanol–water partition coefficient (Wildman–Crippen LogP) is 13.5. The number of hydrogen-bond acceptors (Lipinski definition) is 4. The molecule has 0 atom stereocenters. The minimum absolute atomic E-state index is 0.0854. The molecule has 5 heteroatoms. The Morgan fingerprint density at radius 2 is 1.26 bits per heavy atom. The van der Waals surface area contributed by atoms with Crippen LogP contribution in [0.2, 0.25) is 0 Å². The summed E-state index contributed by atoms with van der Waals surface area (Å²) in [5.74, 6) is 1.01. The van der Waals surface area contributed by atoms with Crippen molar-refractivity contribution in [3.8, 4) is 28.3 Å². The molecule has 0 unspecified atom stereocenters. The lowest BCUT2D eigenvalue weighted by Gasteiger charge is -2.12. The van der Waals surface area contributed by atoms with Gasteiger partial charge in [0.2, 0.25) is 0 Å². The van der Waals surface area contributed by atoms with Crippen molar-refractivity contribution >= 4 is 96.9 Å². The van der Waals surface area contributed by atoms with Gasteiger partial charge in [0.1, 0.15) is 11.1 Å². The zero-order valence-corrected chi connectivity index (χ0v) is 28.5. The van der Waals surface area contributed by atoms with E-state index >= 15 is 0 Å². The van der Waals surface area contributed by atoms with Crippen molar-refractivity contribution in [2.24, 2.45) is 0 Å². The highest BCUT2D eigenvalue weighted by Crippen LogP contribution is 2.48. The van der Waals surface area contributed by atoms with E-state index in [2.05, 4.69) is 71.3 Å². The van der Waals surface area contributed by atoms with Gasteiger partial charge in [0.15, 0.2) is 17.2 Å². The second-order valence-electron chi connectivity index (χ2n) is 13.1. The number of benzene rings is 8. The summed E-state index contributed by atoms with van der Waals surface area (Å²) >= 11 is 1.81. The predicted molar refractivity (Wildman–Crippen MR) is 222 cm³/mol. The van der Waals surface area contributed by atoms with Gasteiger partial charge < -0.3 is 4.42 Å². The van der Waals surface area contributed by atoms with Crippen LogP contribution in [0.5, 0.6) is 0 Å². The van der Waals surface area contributed by atoms with Gasteiger partial charge in [-0.05, 0) is 52.2 Å². The molecule has 0 spiro atoms. The third-order valence-corrected chi connectivity index (χ3v) is 11.4. The molecule has 0 bridgehead atoms. The van der Waals surface area contributed by atoms with Crippen molar-refractivity contribution in [2.45, 2.75) is 0 Å². The van der Waals surface area contributed by atoms with E-state index in [-0.39, 0.29) is 34.5 Å². The molecule has 4 nitrogen and oxygen atoms in total. The molecule has 246 valence electrons. The lowest BCUT2D eigenvalue weighted by atomic mass is 10.00.